The van der Waals surface area contributed by atoms with Crippen LogP contribution in [0.15, 0.2) is 12.3 Å². The molecule has 1 saturated carbocycles. The molecule has 1 aliphatic carbocycles. The lowest BCUT2D eigenvalue weighted by atomic mass is 9.97. The summed E-state index contributed by atoms with van der Waals surface area (Å²) < 4.78 is 0. The number of aliphatic hydroxyl groups is 1. The predicted molar refractivity (Wildman–Crippen MR) is 56.5 cm³/mol. The zero-order chi connectivity index (χ0) is 10.1. The number of hydrogen-bond acceptors (Lipinski definition) is 2. The largest absolute Gasteiger partial charge is 0.396 e. The molecule has 1 aromatic rings. The molecule has 1 heterocycles. The molecule has 1 aliphatic rings. The van der Waals surface area contributed by atoms with E-state index in [2.05, 4.69) is 4.98 Å². The van der Waals surface area contributed by atoms with Crippen molar-refractivity contribution in [3.8, 4) is 0 Å². The average molecular weight is 212 g/mol. The average Bonchev–Trinajstić information content (AvgIpc) is 2.97. The van der Waals surface area contributed by atoms with E-state index in [1.807, 2.05) is 6.92 Å². The first-order valence-corrected chi connectivity index (χ1v) is 5.33. The number of halogens is 1. The number of aliphatic hydroxyl groups excluding tert-OH is 1. The van der Waals surface area contributed by atoms with E-state index in [0.29, 0.717) is 5.92 Å². The third kappa shape index (κ3) is 1.77. The maximum atomic E-state index is 9.32. The summed E-state index contributed by atoms with van der Waals surface area (Å²) >= 11 is 6.02. The minimum Gasteiger partial charge on any atom is -0.396 e. The molecule has 0 spiro atoms. The van der Waals surface area contributed by atoms with Crippen LogP contribution in [0, 0.1) is 12.8 Å². The molecule has 0 saturated heterocycles. The number of aromatic nitrogens is 1. The number of hydrogen-bond donors (Lipinski definition) is 1. The first kappa shape index (κ1) is 9.94. The van der Waals surface area contributed by atoms with E-state index < -0.39 is 0 Å². The topological polar surface area (TPSA) is 33.1 Å². The van der Waals surface area contributed by atoms with Gasteiger partial charge in [-0.3, -0.25) is 4.98 Å². The van der Waals surface area contributed by atoms with Crippen molar-refractivity contribution in [1.82, 2.24) is 4.98 Å². The van der Waals surface area contributed by atoms with E-state index in [9.17, 15) is 5.11 Å². The fourth-order valence-electron chi connectivity index (χ4n) is 1.86. The van der Waals surface area contributed by atoms with Gasteiger partial charge in [-0.1, -0.05) is 11.6 Å². The van der Waals surface area contributed by atoms with Gasteiger partial charge in [0.25, 0.3) is 0 Å². The molecule has 0 bridgehead atoms. The summed E-state index contributed by atoms with van der Waals surface area (Å²) in [5.74, 6) is 0.804. The van der Waals surface area contributed by atoms with Crippen molar-refractivity contribution in [3.63, 3.8) is 0 Å². The number of pyridine rings is 1. The van der Waals surface area contributed by atoms with Gasteiger partial charge in [-0.15, -0.1) is 0 Å². The van der Waals surface area contributed by atoms with Gasteiger partial charge in [-0.2, -0.15) is 0 Å². The summed E-state index contributed by atoms with van der Waals surface area (Å²) in [6.07, 6.45) is 4.13. The molecule has 2 rings (SSSR count). The third-order valence-corrected chi connectivity index (χ3v) is 3.33. The lowest BCUT2D eigenvalue weighted by Gasteiger charge is -2.15. The molecule has 3 heteroatoms. The monoisotopic (exact) mass is 211 g/mol. The SMILES string of the molecule is Cc1c(Cl)ccnc1C(CO)C1CC1. The van der Waals surface area contributed by atoms with E-state index in [0.717, 1.165) is 16.3 Å². The standard InChI is InChI=1S/C11H14ClNO/c1-7-10(12)4-5-13-11(7)9(6-14)8-2-3-8/h4-5,8-9,14H,2-3,6H2,1H3. The van der Waals surface area contributed by atoms with E-state index >= 15 is 0 Å². The minimum absolute atomic E-state index is 0.179. The van der Waals surface area contributed by atoms with E-state index in [4.69, 9.17) is 11.6 Å². The van der Waals surface area contributed by atoms with Crippen LogP contribution in [0.1, 0.15) is 30.0 Å². The molecule has 1 atom stereocenters. The van der Waals surface area contributed by atoms with Crippen molar-refractivity contribution in [2.24, 2.45) is 5.92 Å². The van der Waals surface area contributed by atoms with Crippen LogP contribution in [0.4, 0.5) is 0 Å². The Kier molecular flexibility index (Phi) is 2.75. The van der Waals surface area contributed by atoms with E-state index in [-0.39, 0.29) is 12.5 Å². The second kappa shape index (κ2) is 3.87. The summed E-state index contributed by atoms with van der Waals surface area (Å²) in [5.41, 5.74) is 1.99. The normalized spacial score (nSPS) is 18.2. The highest BCUT2D eigenvalue weighted by Gasteiger charge is 2.33. The van der Waals surface area contributed by atoms with Crippen molar-refractivity contribution >= 4 is 11.6 Å². The van der Waals surface area contributed by atoms with Gasteiger partial charge in [0, 0.05) is 17.1 Å². The second-order valence-corrected chi connectivity index (χ2v) is 4.34. The van der Waals surface area contributed by atoms with Crippen molar-refractivity contribution < 1.29 is 5.11 Å². The van der Waals surface area contributed by atoms with Crippen molar-refractivity contribution in [2.75, 3.05) is 6.61 Å². The van der Waals surface area contributed by atoms with Crippen LogP contribution in [0.2, 0.25) is 5.02 Å². The molecule has 14 heavy (non-hydrogen) atoms. The fourth-order valence-corrected chi connectivity index (χ4v) is 2.01. The molecule has 2 nitrogen and oxygen atoms in total. The van der Waals surface area contributed by atoms with Crippen LogP contribution < -0.4 is 0 Å². The summed E-state index contributed by atoms with van der Waals surface area (Å²) in [5, 5.41) is 10.1. The van der Waals surface area contributed by atoms with Crippen LogP contribution in [0.5, 0.6) is 0 Å². The Labute approximate surface area is 88.9 Å². The molecule has 1 aromatic heterocycles. The van der Waals surface area contributed by atoms with E-state index in [1.165, 1.54) is 12.8 Å². The predicted octanol–water partition coefficient (Wildman–Crippen LogP) is 2.53. The lowest BCUT2D eigenvalue weighted by Crippen LogP contribution is -2.10. The number of rotatable bonds is 3. The Bertz CT molecular complexity index is 336. The van der Waals surface area contributed by atoms with Crippen LogP contribution in [0.25, 0.3) is 0 Å². The van der Waals surface area contributed by atoms with Crippen LogP contribution in [0.3, 0.4) is 0 Å². The Morgan fingerprint density at radius 2 is 2.36 bits per heavy atom. The van der Waals surface area contributed by atoms with Gasteiger partial charge in [-0.05, 0) is 37.3 Å². The van der Waals surface area contributed by atoms with Gasteiger partial charge < -0.3 is 5.11 Å². The Hall–Kier alpha value is -0.600. The van der Waals surface area contributed by atoms with Gasteiger partial charge in [-0.25, -0.2) is 0 Å². The Morgan fingerprint density at radius 3 is 2.93 bits per heavy atom. The zero-order valence-electron chi connectivity index (χ0n) is 8.20. The molecular formula is C11H14ClNO. The second-order valence-electron chi connectivity index (χ2n) is 3.93. The van der Waals surface area contributed by atoms with Gasteiger partial charge in [0.15, 0.2) is 0 Å². The molecule has 0 aromatic carbocycles. The first-order valence-electron chi connectivity index (χ1n) is 4.96. The third-order valence-electron chi connectivity index (χ3n) is 2.92. The molecule has 0 amide bonds. The lowest BCUT2D eigenvalue weighted by molar-refractivity contribution is 0.250. The van der Waals surface area contributed by atoms with Crippen LogP contribution in [-0.4, -0.2) is 16.7 Å². The first-order chi connectivity index (χ1) is 6.74. The maximum absolute atomic E-state index is 9.32. The molecule has 1 unspecified atom stereocenters. The number of nitrogens with zero attached hydrogens (tertiary/aromatic N) is 1. The summed E-state index contributed by atoms with van der Waals surface area (Å²) in [6, 6.07) is 1.79. The van der Waals surface area contributed by atoms with Gasteiger partial charge in [0.1, 0.15) is 0 Å². The Balaban J connectivity index is 2.33. The highest BCUT2D eigenvalue weighted by molar-refractivity contribution is 6.31. The molecule has 1 N–H and O–H groups in total. The van der Waals surface area contributed by atoms with Gasteiger partial charge in [0.2, 0.25) is 0 Å². The van der Waals surface area contributed by atoms with Crippen LogP contribution in [-0.2, 0) is 0 Å². The van der Waals surface area contributed by atoms with Crippen molar-refractivity contribution in [3.05, 3.63) is 28.5 Å². The van der Waals surface area contributed by atoms with Crippen molar-refractivity contribution in [1.29, 1.82) is 0 Å². The van der Waals surface area contributed by atoms with E-state index in [1.54, 1.807) is 12.3 Å². The van der Waals surface area contributed by atoms with Crippen LogP contribution >= 0.6 is 11.6 Å². The van der Waals surface area contributed by atoms with Gasteiger partial charge in [0.05, 0.1) is 12.3 Å². The fraction of sp³-hybridized carbons (Fsp3) is 0.545. The quantitative estimate of drug-likeness (QED) is 0.834. The summed E-state index contributed by atoms with van der Waals surface area (Å²) in [7, 11) is 0. The zero-order valence-corrected chi connectivity index (χ0v) is 8.96. The summed E-state index contributed by atoms with van der Waals surface area (Å²) in [6.45, 7) is 2.15. The molecular weight excluding hydrogens is 198 g/mol. The van der Waals surface area contributed by atoms with Gasteiger partial charge >= 0.3 is 0 Å². The highest BCUT2D eigenvalue weighted by Crippen LogP contribution is 2.43. The smallest absolute Gasteiger partial charge is 0.0517 e. The maximum Gasteiger partial charge on any atom is 0.0517 e. The van der Waals surface area contributed by atoms with Crippen molar-refractivity contribution in [2.45, 2.75) is 25.7 Å². The Morgan fingerprint density at radius 1 is 1.64 bits per heavy atom. The molecule has 76 valence electrons. The molecule has 0 aliphatic heterocycles. The molecule has 1 fully saturated rings. The summed E-state index contributed by atoms with van der Waals surface area (Å²) in [4.78, 5) is 4.33. The highest BCUT2D eigenvalue weighted by atomic mass is 35.5. The minimum atomic E-state index is 0.179. The molecule has 0 radical (unpaired) electrons.